The van der Waals surface area contributed by atoms with Gasteiger partial charge in [-0.2, -0.15) is 0 Å². The van der Waals surface area contributed by atoms with Crippen molar-refractivity contribution in [2.24, 2.45) is 5.92 Å². The van der Waals surface area contributed by atoms with Crippen molar-refractivity contribution >= 4 is 27.3 Å². The molecule has 2 unspecified atom stereocenters. The van der Waals surface area contributed by atoms with Gasteiger partial charge in [0.1, 0.15) is 5.82 Å². The molecule has 2 aromatic rings. The number of hydrogen-bond acceptors (Lipinski definition) is 3. The molecular weight excluding hydrogens is 301 g/mol. The average molecular weight is 321 g/mol. The number of aryl methyl sites for hydroxylation is 1. The van der Waals surface area contributed by atoms with E-state index >= 15 is 0 Å². The highest BCUT2D eigenvalue weighted by Gasteiger charge is 2.29. The Morgan fingerprint density at radius 3 is 2.95 bits per heavy atom. The van der Waals surface area contributed by atoms with Gasteiger partial charge in [-0.15, -0.1) is 11.3 Å². The van der Waals surface area contributed by atoms with Crippen LogP contribution in [-0.2, 0) is 0 Å². The van der Waals surface area contributed by atoms with Crippen LogP contribution in [0.5, 0.6) is 0 Å². The summed E-state index contributed by atoms with van der Waals surface area (Å²) in [5, 5.41) is 10.3. The van der Waals surface area contributed by atoms with Crippen LogP contribution in [0.25, 0.3) is 10.1 Å². The molecule has 5 heteroatoms. The van der Waals surface area contributed by atoms with Crippen LogP contribution in [0.15, 0.2) is 18.2 Å². The Labute approximate surface area is 133 Å². The molecule has 1 aromatic carbocycles. The van der Waals surface area contributed by atoms with Crippen LogP contribution in [0.3, 0.4) is 0 Å². The number of carbonyl (C=O) groups is 1. The Morgan fingerprint density at radius 1 is 1.50 bits per heavy atom. The van der Waals surface area contributed by atoms with Gasteiger partial charge in [-0.05, 0) is 44.4 Å². The fourth-order valence-electron chi connectivity index (χ4n) is 3.19. The van der Waals surface area contributed by atoms with Crippen molar-refractivity contribution in [3.8, 4) is 0 Å². The van der Waals surface area contributed by atoms with E-state index in [1.54, 1.807) is 17.9 Å². The zero-order valence-electron chi connectivity index (χ0n) is 12.8. The fraction of sp³-hybridized carbons (Fsp3) is 0.471. The molecule has 1 aliphatic heterocycles. The zero-order valence-corrected chi connectivity index (χ0v) is 13.6. The molecule has 0 spiro atoms. The number of hydrogen-bond donors (Lipinski definition) is 1. The molecule has 1 N–H and O–H groups in total. The molecule has 1 amide bonds. The second-order valence-corrected chi connectivity index (χ2v) is 7.12. The lowest BCUT2D eigenvalue weighted by Crippen LogP contribution is -2.42. The number of halogens is 1. The summed E-state index contributed by atoms with van der Waals surface area (Å²) < 4.78 is 14.8. The maximum atomic E-state index is 14.0. The van der Waals surface area contributed by atoms with Crippen molar-refractivity contribution in [3.05, 3.63) is 34.5 Å². The molecule has 3 rings (SSSR count). The summed E-state index contributed by atoms with van der Waals surface area (Å²) in [6.45, 7) is 4.87. The number of aliphatic hydroxyl groups excluding tert-OH is 1. The molecule has 118 valence electrons. The molecule has 0 aliphatic carbocycles. The summed E-state index contributed by atoms with van der Waals surface area (Å²) in [7, 11) is 0. The molecule has 3 nitrogen and oxygen atoms in total. The minimum absolute atomic E-state index is 0.0385. The van der Waals surface area contributed by atoms with Crippen LogP contribution in [0.1, 0.15) is 35.0 Å². The van der Waals surface area contributed by atoms with E-state index < -0.39 is 6.10 Å². The summed E-state index contributed by atoms with van der Waals surface area (Å²) >= 11 is 1.36. The monoisotopic (exact) mass is 321 g/mol. The third kappa shape index (κ3) is 2.63. The van der Waals surface area contributed by atoms with E-state index in [0.717, 1.165) is 23.1 Å². The second-order valence-electron chi connectivity index (χ2n) is 6.06. The lowest BCUT2D eigenvalue weighted by atomic mass is 9.93. The highest BCUT2D eigenvalue weighted by molar-refractivity contribution is 7.21. The molecule has 1 aliphatic rings. The quantitative estimate of drug-likeness (QED) is 0.918. The third-order valence-corrected chi connectivity index (χ3v) is 5.77. The van der Waals surface area contributed by atoms with Crippen LogP contribution >= 0.6 is 11.3 Å². The summed E-state index contributed by atoms with van der Waals surface area (Å²) in [6.07, 6.45) is 1.44. The van der Waals surface area contributed by atoms with Crippen LogP contribution in [0.2, 0.25) is 0 Å². The SMILES string of the molecule is Cc1c(C(=O)N2CCCC(C(C)O)C2)sc2cccc(F)c12. The molecule has 22 heavy (non-hydrogen) atoms. The Hall–Kier alpha value is -1.46. The van der Waals surface area contributed by atoms with Gasteiger partial charge in [0, 0.05) is 29.1 Å². The molecule has 0 bridgehead atoms. The topological polar surface area (TPSA) is 40.5 Å². The smallest absolute Gasteiger partial charge is 0.264 e. The highest BCUT2D eigenvalue weighted by Crippen LogP contribution is 2.34. The summed E-state index contributed by atoms with van der Waals surface area (Å²) in [5.74, 6) is -0.182. The van der Waals surface area contributed by atoms with Gasteiger partial charge in [-0.25, -0.2) is 4.39 Å². The number of fused-ring (bicyclic) bond motifs is 1. The van der Waals surface area contributed by atoms with Crippen LogP contribution < -0.4 is 0 Å². The summed E-state index contributed by atoms with van der Waals surface area (Å²) in [6, 6.07) is 4.95. The van der Waals surface area contributed by atoms with Crippen molar-refractivity contribution < 1.29 is 14.3 Å². The molecule has 1 fully saturated rings. The van der Waals surface area contributed by atoms with E-state index in [1.165, 1.54) is 17.4 Å². The van der Waals surface area contributed by atoms with Crippen LogP contribution in [0.4, 0.5) is 4.39 Å². The lowest BCUT2D eigenvalue weighted by Gasteiger charge is -2.34. The van der Waals surface area contributed by atoms with Gasteiger partial charge in [0.05, 0.1) is 11.0 Å². The number of carbonyl (C=O) groups excluding carboxylic acids is 1. The van der Waals surface area contributed by atoms with E-state index in [-0.39, 0.29) is 17.6 Å². The number of thiophene rings is 1. The van der Waals surface area contributed by atoms with Crippen LogP contribution in [0, 0.1) is 18.7 Å². The number of nitrogens with zero attached hydrogens (tertiary/aromatic N) is 1. The zero-order chi connectivity index (χ0) is 15.9. The first-order valence-electron chi connectivity index (χ1n) is 7.64. The molecule has 1 aromatic heterocycles. The maximum absolute atomic E-state index is 14.0. The van der Waals surface area contributed by atoms with E-state index in [9.17, 15) is 14.3 Å². The first-order chi connectivity index (χ1) is 10.5. The first-order valence-corrected chi connectivity index (χ1v) is 8.45. The Bertz CT molecular complexity index is 710. The number of aliphatic hydroxyl groups is 1. The van der Waals surface area contributed by atoms with Crippen molar-refractivity contribution in [3.63, 3.8) is 0 Å². The van der Waals surface area contributed by atoms with Crippen molar-refractivity contribution in [1.82, 2.24) is 4.90 Å². The van der Waals surface area contributed by atoms with E-state index in [2.05, 4.69) is 0 Å². The molecule has 2 heterocycles. The van der Waals surface area contributed by atoms with E-state index in [0.29, 0.717) is 23.4 Å². The van der Waals surface area contributed by atoms with Gasteiger partial charge in [0.2, 0.25) is 0 Å². The normalized spacial score (nSPS) is 20.4. The summed E-state index contributed by atoms with van der Waals surface area (Å²) in [5.41, 5.74) is 0.724. The molecular formula is C17H20FNO2S. The maximum Gasteiger partial charge on any atom is 0.264 e. The first kappa shape index (κ1) is 15.4. The van der Waals surface area contributed by atoms with Gasteiger partial charge in [0.15, 0.2) is 0 Å². The van der Waals surface area contributed by atoms with E-state index in [4.69, 9.17) is 0 Å². The largest absolute Gasteiger partial charge is 0.393 e. The van der Waals surface area contributed by atoms with Gasteiger partial charge >= 0.3 is 0 Å². The Morgan fingerprint density at radius 2 is 2.27 bits per heavy atom. The predicted octanol–water partition coefficient (Wildman–Crippen LogP) is 3.58. The minimum Gasteiger partial charge on any atom is -0.393 e. The van der Waals surface area contributed by atoms with Crippen LogP contribution in [-0.4, -0.2) is 35.1 Å². The Balaban J connectivity index is 1.92. The lowest BCUT2D eigenvalue weighted by molar-refractivity contribution is 0.0469. The second kappa shape index (κ2) is 5.97. The highest BCUT2D eigenvalue weighted by atomic mass is 32.1. The van der Waals surface area contributed by atoms with Gasteiger partial charge in [0.25, 0.3) is 5.91 Å². The van der Waals surface area contributed by atoms with Gasteiger partial charge in [-0.3, -0.25) is 4.79 Å². The van der Waals surface area contributed by atoms with Crippen molar-refractivity contribution in [2.75, 3.05) is 13.1 Å². The number of amides is 1. The molecule has 1 saturated heterocycles. The van der Waals surface area contributed by atoms with Crippen molar-refractivity contribution in [1.29, 1.82) is 0 Å². The van der Waals surface area contributed by atoms with Gasteiger partial charge < -0.3 is 10.0 Å². The Kier molecular flexibility index (Phi) is 4.19. The standard InChI is InChI=1S/C17H20FNO2S/c1-10-15-13(18)6-3-7-14(15)22-16(10)17(21)19-8-4-5-12(9-19)11(2)20/h3,6-7,11-12,20H,4-5,8-9H2,1-2H3. The molecule has 0 radical (unpaired) electrons. The average Bonchev–Trinajstić information content (AvgIpc) is 2.85. The number of benzene rings is 1. The molecule has 0 saturated carbocycles. The molecule has 2 atom stereocenters. The number of likely N-dealkylation sites (tertiary alicyclic amines) is 1. The minimum atomic E-state index is -0.406. The number of piperidine rings is 1. The predicted molar refractivity (Wildman–Crippen MR) is 86.8 cm³/mol. The third-order valence-electron chi connectivity index (χ3n) is 4.52. The summed E-state index contributed by atoms with van der Waals surface area (Å²) in [4.78, 5) is 15.2. The number of rotatable bonds is 2. The van der Waals surface area contributed by atoms with Gasteiger partial charge in [-0.1, -0.05) is 6.07 Å². The van der Waals surface area contributed by atoms with E-state index in [1.807, 2.05) is 13.0 Å². The van der Waals surface area contributed by atoms with Crippen molar-refractivity contribution in [2.45, 2.75) is 32.8 Å². The fourth-order valence-corrected chi connectivity index (χ4v) is 4.38.